The van der Waals surface area contributed by atoms with Gasteiger partial charge in [0.1, 0.15) is 0 Å². The second-order valence-electron chi connectivity index (χ2n) is 4.45. The first-order valence-corrected chi connectivity index (χ1v) is 7.40. The number of hydrogen-bond acceptors (Lipinski definition) is 2. The van der Waals surface area contributed by atoms with Crippen LogP contribution in [0.2, 0.25) is 0 Å². The topological polar surface area (TPSA) is 50.4 Å². The van der Waals surface area contributed by atoms with Crippen LogP contribution in [-0.4, -0.2) is 11.1 Å². The first-order valence-electron chi connectivity index (χ1n) is 6.40. The molecular weight excluding hydrogens is 306 g/mol. The molecule has 3 nitrogen and oxygen atoms in total. The summed E-state index contributed by atoms with van der Waals surface area (Å²) in [6.07, 6.45) is 2.52. The Hall–Kier alpha value is -1.38. The summed E-state index contributed by atoms with van der Waals surface area (Å²) in [6.45, 7) is 0. The number of carboxylic acid groups (broad SMARTS) is 1. The van der Waals surface area contributed by atoms with Crippen molar-refractivity contribution in [1.29, 1.82) is 0 Å². The van der Waals surface area contributed by atoms with Gasteiger partial charge in [-0.15, -0.1) is 6.07 Å². The van der Waals surface area contributed by atoms with Gasteiger partial charge in [0.05, 0.1) is 0 Å². The second-order valence-corrected chi connectivity index (χ2v) is 5.81. The molecule has 3 aromatic rings. The molecule has 104 valence electrons. The third kappa shape index (κ3) is 3.68. The summed E-state index contributed by atoms with van der Waals surface area (Å²) in [5.74, 6) is -0.644. The summed E-state index contributed by atoms with van der Waals surface area (Å²) in [7, 11) is 0.437. The standard InChI is InChI=1S/C17H12O3P.Na/c18-17(19)14-10-11-20-16(14)13-8-4-5-9-15(13)21-12-6-2-1-3-7-12;/h1-10,21H,(H,18,19);/q-1;+1. The van der Waals surface area contributed by atoms with Crippen molar-refractivity contribution in [2.75, 3.05) is 0 Å². The summed E-state index contributed by atoms with van der Waals surface area (Å²) in [5, 5.41) is 11.5. The number of benzene rings is 2. The average molecular weight is 318 g/mol. The molecule has 3 rings (SSSR count). The molecule has 0 amide bonds. The molecule has 1 aromatic heterocycles. The van der Waals surface area contributed by atoms with Crippen molar-refractivity contribution in [3.8, 4) is 11.3 Å². The number of rotatable bonds is 4. The number of hydrogen-bond donors (Lipinski definition) is 1. The van der Waals surface area contributed by atoms with E-state index >= 15 is 0 Å². The predicted octanol–water partition coefficient (Wildman–Crippen LogP) is 0.0783. The molecule has 0 bridgehead atoms. The van der Waals surface area contributed by atoms with Crippen molar-refractivity contribution >= 4 is 25.2 Å². The molecule has 0 aliphatic heterocycles. The van der Waals surface area contributed by atoms with Gasteiger partial charge in [-0.1, -0.05) is 68.7 Å². The van der Waals surface area contributed by atoms with Crippen LogP contribution < -0.4 is 40.2 Å². The maximum atomic E-state index is 11.2. The Labute approximate surface area is 152 Å². The smallest absolute Gasteiger partial charge is 0.590 e. The Morgan fingerprint density at radius 1 is 1.05 bits per heavy atom. The third-order valence-electron chi connectivity index (χ3n) is 3.06. The minimum absolute atomic E-state index is 0. The van der Waals surface area contributed by atoms with Gasteiger partial charge < -0.3 is 9.52 Å². The summed E-state index contributed by atoms with van der Waals surface area (Å²) in [4.78, 5) is 11.2. The largest absolute Gasteiger partial charge is 1.00 e. The fourth-order valence-electron chi connectivity index (χ4n) is 2.09. The van der Waals surface area contributed by atoms with Crippen LogP contribution in [0.1, 0.15) is 10.4 Å². The SMILES string of the molecule is O=C(O)c1c[c-]oc1-c1ccccc1Pc1ccccc1.[Na+]. The summed E-state index contributed by atoms with van der Waals surface area (Å²) in [6, 6.07) is 19.1. The summed E-state index contributed by atoms with van der Waals surface area (Å²) < 4.78 is 5.29. The van der Waals surface area contributed by atoms with E-state index in [1.807, 2.05) is 42.5 Å². The zero-order valence-corrected chi connectivity index (χ0v) is 15.0. The third-order valence-corrected chi connectivity index (χ3v) is 4.39. The molecule has 22 heavy (non-hydrogen) atoms. The molecule has 0 aliphatic carbocycles. The monoisotopic (exact) mass is 318 g/mol. The molecule has 0 fully saturated rings. The van der Waals surface area contributed by atoms with Gasteiger partial charge in [0.15, 0.2) is 0 Å². The quantitative estimate of drug-likeness (QED) is 0.421. The van der Waals surface area contributed by atoms with Gasteiger partial charge in [0.25, 0.3) is 5.97 Å². The van der Waals surface area contributed by atoms with Crippen LogP contribution in [0.3, 0.4) is 0 Å². The van der Waals surface area contributed by atoms with Crippen LogP contribution in [-0.2, 0) is 0 Å². The van der Waals surface area contributed by atoms with Crippen molar-refractivity contribution in [1.82, 2.24) is 0 Å². The average Bonchev–Trinajstić information content (AvgIpc) is 2.98. The molecule has 1 N–H and O–H groups in total. The molecule has 0 radical (unpaired) electrons. The van der Waals surface area contributed by atoms with E-state index in [0.717, 1.165) is 10.9 Å². The van der Waals surface area contributed by atoms with E-state index in [9.17, 15) is 9.90 Å². The van der Waals surface area contributed by atoms with Gasteiger partial charge >= 0.3 is 29.6 Å². The first-order chi connectivity index (χ1) is 10.3. The van der Waals surface area contributed by atoms with Crippen molar-refractivity contribution < 1.29 is 43.9 Å². The minimum atomic E-state index is -1.01. The molecule has 1 atom stereocenters. The van der Waals surface area contributed by atoms with E-state index in [1.165, 1.54) is 11.4 Å². The van der Waals surface area contributed by atoms with Gasteiger partial charge in [-0.2, -0.15) is 0 Å². The number of aromatic carboxylic acids is 1. The Kier molecular flexibility index (Phi) is 5.98. The van der Waals surface area contributed by atoms with E-state index in [2.05, 4.69) is 18.4 Å². The molecule has 5 heteroatoms. The van der Waals surface area contributed by atoms with Gasteiger partial charge in [-0.25, -0.2) is 0 Å². The Morgan fingerprint density at radius 3 is 2.45 bits per heavy atom. The van der Waals surface area contributed by atoms with Crippen molar-refractivity contribution in [2.24, 2.45) is 0 Å². The van der Waals surface area contributed by atoms with Crippen molar-refractivity contribution in [3.05, 3.63) is 72.5 Å². The fourth-order valence-corrected chi connectivity index (χ4v) is 3.28. The fraction of sp³-hybridized carbons (Fsp3) is 0. The maximum Gasteiger partial charge on any atom is 1.00 e. The van der Waals surface area contributed by atoms with Gasteiger partial charge in [0.2, 0.25) is 0 Å². The Bertz CT molecular complexity index is 768. The molecular formula is C17H12NaO3P. The number of furan rings is 1. The van der Waals surface area contributed by atoms with E-state index in [0.29, 0.717) is 14.3 Å². The van der Waals surface area contributed by atoms with Crippen LogP contribution in [0.15, 0.2) is 65.1 Å². The molecule has 0 spiro atoms. The molecule has 1 heterocycles. The Balaban J connectivity index is 0.00000176. The van der Waals surface area contributed by atoms with Gasteiger partial charge in [0, 0.05) is 0 Å². The van der Waals surface area contributed by atoms with E-state index < -0.39 is 5.97 Å². The first kappa shape index (κ1) is 17.0. The number of carboxylic acids is 1. The van der Waals surface area contributed by atoms with E-state index in [-0.39, 0.29) is 35.1 Å². The Morgan fingerprint density at radius 2 is 1.73 bits per heavy atom. The molecule has 0 aliphatic rings. The van der Waals surface area contributed by atoms with Crippen LogP contribution >= 0.6 is 8.58 Å². The molecule has 2 aromatic carbocycles. The zero-order valence-electron chi connectivity index (χ0n) is 12.0. The van der Waals surface area contributed by atoms with Crippen LogP contribution in [0.25, 0.3) is 11.3 Å². The maximum absolute atomic E-state index is 11.2. The molecule has 1 unspecified atom stereocenters. The van der Waals surface area contributed by atoms with Crippen LogP contribution in [0, 0.1) is 6.26 Å². The van der Waals surface area contributed by atoms with Crippen LogP contribution in [0.5, 0.6) is 0 Å². The van der Waals surface area contributed by atoms with E-state index in [1.54, 1.807) is 0 Å². The molecule has 0 saturated heterocycles. The van der Waals surface area contributed by atoms with Crippen LogP contribution in [0.4, 0.5) is 0 Å². The van der Waals surface area contributed by atoms with Gasteiger partial charge in [-0.3, -0.25) is 4.79 Å². The summed E-state index contributed by atoms with van der Waals surface area (Å²) >= 11 is 0. The van der Waals surface area contributed by atoms with Crippen molar-refractivity contribution in [2.45, 2.75) is 0 Å². The number of carbonyl (C=O) groups is 1. The van der Waals surface area contributed by atoms with Gasteiger partial charge in [-0.05, 0) is 28.2 Å². The van der Waals surface area contributed by atoms with E-state index in [4.69, 9.17) is 4.42 Å². The second kappa shape index (κ2) is 7.75. The normalized spacial score (nSPS) is 10.5. The summed E-state index contributed by atoms with van der Waals surface area (Å²) in [5.41, 5.74) is 0.943. The minimum Gasteiger partial charge on any atom is -0.590 e. The predicted molar refractivity (Wildman–Crippen MR) is 84.0 cm³/mol. The van der Waals surface area contributed by atoms with Crippen molar-refractivity contribution in [3.63, 3.8) is 0 Å². The zero-order chi connectivity index (χ0) is 14.7. The molecule has 0 saturated carbocycles.